The van der Waals surface area contributed by atoms with Gasteiger partial charge in [0.2, 0.25) is 10.0 Å². The van der Waals surface area contributed by atoms with Crippen molar-refractivity contribution in [2.24, 2.45) is 5.73 Å². The Morgan fingerprint density at radius 1 is 1.25 bits per heavy atom. The molecule has 0 radical (unpaired) electrons. The zero-order valence-corrected chi connectivity index (χ0v) is 13.9. The Bertz CT molecular complexity index is 670. The highest BCUT2D eigenvalue weighted by Gasteiger charge is 2.17. The number of hydrogen-bond acceptors (Lipinski definition) is 4. The standard InChI is InChI=1S/C13H15BrN2O2S2/c14-12-2-1-11(8-15)7-13(12)20(17,18)16-5-3-10-4-6-19-9-10/h1-2,4,6-7,9,16H,3,5,8,15H2. The summed E-state index contributed by atoms with van der Waals surface area (Å²) in [6, 6.07) is 7.09. The first-order valence-corrected chi connectivity index (χ1v) is 9.24. The zero-order chi connectivity index (χ0) is 14.6. The van der Waals surface area contributed by atoms with Gasteiger partial charge in [0.15, 0.2) is 0 Å². The highest BCUT2D eigenvalue weighted by Crippen LogP contribution is 2.23. The van der Waals surface area contributed by atoms with E-state index in [0.717, 1.165) is 11.1 Å². The molecule has 108 valence electrons. The molecule has 4 nitrogen and oxygen atoms in total. The van der Waals surface area contributed by atoms with Crippen molar-refractivity contribution in [1.82, 2.24) is 4.72 Å². The van der Waals surface area contributed by atoms with E-state index in [1.807, 2.05) is 16.8 Å². The molecule has 0 aliphatic heterocycles. The second kappa shape index (κ2) is 6.82. The minimum absolute atomic E-state index is 0.228. The predicted octanol–water partition coefficient (Wildman–Crippen LogP) is 2.49. The molecular weight excluding hydrogens is 360 g/mol. The summed E-state index contributed by atoms with van der Waals surface area (Å²) in [4.78, 5) is 0.228. The number of thiophene rings is 1. The van der Waals surface area contributed by atoms with Gasteiger partial charge in [-0.3, -0.25) is 0 Å². The van der Waals surface area contributed by atoms with Gasteiger partial charge in [-0.1, -0.05) is 6.07 Å². The van der Waals surface area contributed by atoms with Crippen LogP contribution in [0.2, 0.25) is 0 Å². The molecule has 0 spiro atoms. The first kappa shape index (κ1) is 15.7. The number of sulfonamides is 1. The van der Waals surface area contributed by atoms with E-state index in [1.54, 1.807) is 29.5 Å². The van der Waals surface area contributed by atoms with Gasteiger partial charge in [-0.25, -0.2) is 13.1 Å². The summed E-state index contributed by atoms with van der Waals surface area (Å²) in [5, 5.41) is 3.99. The Morgan fingerprint density at radius 3 is 2.70 bits per heavy atom. The second-order valence-corrected chi connectivity index (χ2v) is 7.62. The summed E-state index contributed by atoms with van der Waals surface area (Å²) in [5.74, 6) is 0. The van der Waals surface area contributed by atoms with E-state index in [-0.39, 0.29) is 4.90 Å². The summed E-state index contributed by atoms with van der Waals surface area (Å²) in [6.07, 6.45) is 0.678. The lowest BCUT2D eigenvalue weighted by Crippen LogP contribution is -2.26. The molecule has 1 aromatic carbocycles. The topological polar surface area (TPSA) is 72.2 Å². The monoisotopic (exact) mass is 374 g/mol. The van der Waals surface area contributed by atoms with Crippen LogP contribution in [0.4, 0.5) is 0 Å². The molecule has 0 aliphatic carbocycles. The van der Waals surface area contributed by atoms with Gasteiger partial charge in [0.25, 0.3) is 0 Å². The van der Waals surface area contributed by atoms with Crippen molar-refractivity contribution in [3.8, 4) is 0 Å². The van der Waals surface area contributed by atoms with Gasteiger partial charge in [0.05, 0.1) is 4.90 Å². The molecule has 0 atom stereocenters. The zero-order valence-electron chi connectivity index (χ0n) is 10.7. The maximum Gasteiger partial charge on any atom is 0.241 e. The lowest BCUT2D eigenvalue weighted by atomic mass is 10.2. The molecular formula is C13H15BrN2O2S2. The second-order valence-electron chi connectivity index (χ2n) is 4.25. The van der Waals surface area contributed by atoms with Crippen LogP contribution in [0.3, 0.4) is 0 Å². The Kier molecular flexibility index (Phi) is 5.34. The fourth-order valence-electron chi connectivity index (χ4n) is 1.72. The molecule has 3 N–H and O–H groups in total. The van der Waals surface area contributed by atoms with Gasteiger partial charge in [0.1, 0.15) is 0 Å². The molecule has 0 saturated carbocycles. The van der Waals surface area contributed by atoms with E-state index in [2.05, 4.69) is 20.7 Å². The summed E-state index contributed by atoms with van der Waals surface area (Å²) in [6.45, 7) is 0.684. The quantitative estimate of drug-likeness (QED) is 0.815. The number of benzene rings is 1. The van der Waals surface area contributed by atoms with Gasteiger partial charge in [-0.15, -0.1) is 0 Å². The van der Waals surface area contributed by atoms with Crippen LogP contribution < -0.4 is 10.5 Å². The molecule has 2 aromatic rings. The largest absolute Gasteiger partial charge is 0.326 e. The van der Waals surface area contributed by atoms with Crippen LogP contribution in [0.5, 0.6) is 0 Å². The SMILES string of the molecule is NCc1ccc(Br)c(S(=O)(=O)NCCc2ccsc2)c1. The van der Waals surface area contributed by atoms with Gasteiger partial charge in [-0.05, 0) is 62.4 Å². The van der Waals surface area contributed by atoms with Crippen LogP contribution in [-0.2, 0) is 23.0 Å². The molecule has 0 fully saturated rings. The molecule has 0 unspecified atom stereocenters. The van der Waals surface area contributed by atoms with Crippen LogP contribution in [0.15, 0.2) is 44.4 Å². The molecule has 0 bridgehead atoms. The molecule has 0 saturated heterocycles. The lowest BCUT2D eigenvalue weighted by molar-refractivity contribution is 0.581. The highest BCUT2D eigenvalue weighted by molar-refractivity contribution is 9.10. The number of nitrogens with two attached hydrogens (primary N) is 1. The summed E-state index contributed by atoms with van der Waals surface area (Å²) >= 11 is 4.87. The van der Waals surface area contributed by atoms with Gasteiger partial charge < -0.3 is 5.73 Å². The molecule has 0 amide bonds. The Balaban J connectivity index is 2.09. The smallest absolute Gasteiger partial charge is 0.241 e. The summed E-state index contributed by atoms with van der Waals surface area (Å²) in [7, 11) is -3.53. The average molecular weight is 375 g/mol. The number of nitrogens with one attached hydrogen (secondary N) is 1. The van der Waals surface area contributed by atoms with E-state index in [9.17, 15) is 8.42 Å². The number of rotatable bonds is 6. The van der Waals surface area contributed by atoms with Crippen molar-refractivity contribution in [3.63, 3.8) is 0 Å². The van der Waals surface area contributed by atoms with Crippen LogP contribution >= 0.6 is 27.3 Å². The summed E-state index contributed by atoms with van der Waals surface area (Å²) < 4.78 is 27.7. The molecule has 0 aliphatic rings. The maximum absolute atomic E-state index is 12.3. The Hall–Kier alpha value is -0.730. The normalized spacial score (nSPS) is 11.7. The first-order chi connectivity index (χ1) is 9.53. The van der Waals surface area contributed by atoms with Crippen molar-refractivity contribution in [1.29, 1.82) is 0 Å². The van der Waals surface area contributed by atoms with Crippen molar-refractivity contribution in [3.05, 3.63) is 50.6 Å². The van der Waals surface area contributed by atoms with Crippen LogP contribution in [-0.4, -0.2) is 15.0 Å². The van der Waals surface area contributed by atoms with E-state index in [1.165, 1.54) is 0 Å². The van der Waals surface area contributed by atoms with Crippen LogP contribution in [0.1, 0.15) is 11.1 Å². The minimum Gasteiger partial charge on any atom is -0.326 e. The fourth-order valence-corrected chi connectivity index (χ4v) is 4.47. The minimum atomic E-state index is -3.53. The van der Waals surface area contributed by atoms with E-state index in [4.69, 9.17) is 5.73 Å². The van der Waals surface area contributed by atoms with E-state index >= 15 is 0 Å². The molecule has 2 rings (SSSR count). The summed E-state index contributed by atoms with van der Waals surface area (Å²) in [5.41, 5.74) is 7.46. The predicted molar refractivity (Wildman–Crippen MR) is 85.2 cm³/mol. The third kappa shape index (κ3) is 3.89. The van der Waals surface area contributed by atoms with Crippen molar-refractivity contribution in [2.75, 3.05) is 6.54 Å². The Labute approximate surface area is 131 Å². The van der Waals surface area contributed by atoms with Gasteiger partial charge in [-0.2, -0.15) is 11.3 Å². The molecule has 1 aromatic heterocycles. The highest BCUT2D eigenvalue weighted by atomic mass is 79.9. The van der Waals surface area contributed by atoms with Gasteiger partial charge in [0, 0.05) is 17.6 Å². The average Bonchev–Trinajstić information content (AvgIpc) is 2.92. The fraction of sp³-hybridized carbons (Fsp3) is 0.231. The number of halogens is 1. The third-order valence-corrected chi connectivity index (χ3v) is 5.99. The van der Waals surface area contributed by atoms with Crippen molar-refractivity contribution in [2.45, 2.75) is 17.9 Å². The van der Waals surface area contributed by atoms with Gasteiger partial charge >= 0.3 is 0 Å². The number of hydrogen-bond donors (Lipinski definition) is 2. The first-order valence-electron chi connectivity index (χ1n) is 6.02. The van der Waals surface area contributed by atoms with E-state index in [0.29, 0.717) is 24.0 Å². The Morgan fingerprint density at radius 2 is 2.05 bits per heavy atom. The molecule has 7 heteroatoms. The molecule has 20 heavy (non-hydrogen) atoms. The lowest BCUT2D eigenvalue weighted by Gasteiger charge is -2.09. The van der Waals surface area contributed by atoms with Crippen LogP contribution in [0, 0.1) is 0 Å². The maximum atomic E-state index is 12.3. The van der Waals surface area contributed by atoms with Crippen molar-refractivity contribution < 1.29 is 8.42 Å². The van der Waals surface area contributed by atoms with E-state index < -0.39 is 10.0 Å². The van der Waals surface area contributed by atoms with Crippen LogP contribution in [0.25, 0.3) is 0 Å². The molecule has 1 heterocycles. The van der Waals surface area contributed by atoms with Crippen molar-refractivity contribution >= 4 is 37.3 Å². The third-order valence-electron chi connectivity index (χ3n) is 2.81.